The van der Waals surface area contributed by atoms with Crippen LogP contribution in [-0.2, 0) is 11.3 Å². The van der Waals surface area contributed by atoms with E-state index in [-0.39, 0.29) is 5.91 Å². The van der Waals surface area contributed by atoms with Gasteiger partial charge in [-0.25, -0.2) is 0 Å². The Morgan fingerprint density at radius 1 is 1.08 bits per heavy atom. The van der Waals surface area contributed by atoms with E-state index in [9.17, 15) is 4.79 Å². The molecule has 138 valence electrons. The van der Waals surface area contributed by atoms with Gasteiger partial charge in [0.05, 0.1) is 0 Å². The monoisotopic (exact) mass is 343 g/mol. The normalized spacial score (nSPS) is 19.8. The van der Waals surface area contributed by atoms with Gasteiger partial charge in [-0.1, -0.05) is 50.3 Å². The zero-order chi connectivity index (χ0) is 17.5. The third-order valence-corrected chi connectivity index (χ3v) is 5.82. The molecule has 1 heterocycles. The van der Waals surface area contributed by atoms with Crippen LogP contribution in [-0.4, -0.2) is 44.0 Å². The van der Waals surface area contributed by atoms with Gasteiger partial charge in [0, 0.05) is 44.8 Å². The van der Waals surface area contributed by atoms with Crippen molar-refractivity contribution in [2.45, 2.75) is 51.5 Å². The number of carbonyl (C=O) groups is 1. The number of piperazine rings is 1. The van der Waals surface area contributed by atoms with Gasteiger partial charge in [0.2, 0.25) is 5.91 Å². The van der Waals surface area contributed by atoms with Crippen LogP contribution in [0.15, 0.2) is 24.3 Å². The summed E-state index contributed by atoms with van der Waals surface area (Å²) in [4.78, 5) is 17.1. The summed E-state index contributed by atoms with van der Waals surface area (Å²) in [5.41, 5.74) is 2.52. The standard InChI is InChI=1S/C21H33N3O/c1-23-13-15-24(16-14-23)20-10-6-5-9-19(20)17-22-21(25)12-11-18-7-3-2-4-8-18/h5-6,9-10,18H,2-4,7-8,11-17H2,1H3,(H,22,25). The van der Waals surface area contributed by atoms with Gasteiger partial charge in [0.15, 0.2) is 0 Å². The zero-order valence-electron chi connectivity index (χ0n) is 15.7. The van der Waals surface area contributed by atoms with Crippen LogP contribution in [0.2, 0.25) is 0 Å². The lowest BCUT2D eigenvalue weighted by Crippen LogP contribution is -2.45. The van der Waals surface area contributed by atoms with Crippen LogP contribution in [0.4, 0.5) is 5.69 Å². The van der Waals surface area contributed by atoms with Crippen molar-refractivity contribution in [1.82, 2.24) is 10.2 Å². The quantitative estimate of drug-likeness (QED) is 0.860. The molecule has 1 aliphatic heterocycles. The Morgan fingerprint density at radius 2 is 1.80 bits per heavy atom. The predicted molar refractivity (Wildman–Crippen MR) is 104 cm³/mol. The number of rotatable bonds is 6. The van der Waals surface area contributed by atoms with Crippen molar-refractivity contribution >= 4 is 11.6 Å². The molecule has 25 heavy (non-hydrogen) atoms. The van der Waals surface area contributed by atoms with E-state index < -0.39 is 0 Å². The van der Waals surface area contributed by atoms with Gasteiger partial charge >= 0.3 is 0 Å². The van der Waals surface area contributed by atoms with Crippen LogP contribution in [0.25, 0.3) is 0 Å². The molecule has 1 saturated carbocycles. The summed E-state index contributed by atoms with van der Waals surface area (Å²) in [6.45, 7) is 4.96. The first-order chi connectivity index (χ1) is 12.2. The van der Waals surface area contributed by atoms with Gasteiger partial charge in [-0.3, -0.25) is 4.79 Å². The number of amides is 1. The molecule has 0 unspecified atom stereocenters. The summed E-state index contributed by atoms with van der Waals surface area (Å²) in [6, 6.07) is 8.51. The predicted octanol–water partition coefficient (Wildman–Crippen LogP) is 3.42. The fraction of sp³-hybridized carbons (Fsp3) is 0.667. The molecule has 1 aromatic rings. The van der Waals surface area contributed by atoms with Gasteiger partial charge in [-0.15, -0.1) is 0 Å². The van der Waals surface area contributed by atoms with E-state index in [1.165, 1.54) is 43.4 Å². The molecule has 0 bridgehead atoms. The number of benzene rings is 1. The Bertz CT molecular complexity index is 546. The third kappa shape index (κ3) is 5.46. The largest absolute Gasteiger partial charge is 0.369 e. The first-order valence-electron chi connectivity index (χ1n) is 10.0. The number of para-hydroxylation sites is 1. The highest BCUT2D eigenvalue weighted by molar-refractivity contribution is 5.76. The smallest absolute Gasteiger partial charge is 0.220 e. The fourth-order valence-corrected chi connectivity index (χ4v) is 4.11. The van der Waals surface area contributed by atoms with E-state index in [4.69, 9.17) is 0 Å². The molecule has 1 aromatic carbocycles. The molecule has 0 spiro atoms. The molecule has 0 atom stereocenters. The van der Waals surface area contributed by atoms with Crippen molar-refractivity contribution in [3.63, 3.8) is 0 Å². The number of hydrogen-bond acceptors (Lipinski definition) is 3. The first-order valence-corrected chi connectivity index (χ1v) is 10.0. The van der Waals surface area contributed by atoms with Crippen molar-refractivity contribution in [2.24, 2.45) is 5.92 Å². The maximum absolute atomic E-state index is 12.3. The molecule has 4 nitrogen and oxygen atoms in total. The van der Waals surface area contributed by atoms with Crippen molar-refractivity contribution in [1.29, 1.82) is 0 Å². The number of nitrogens with one attached hydrogen (secondary N) is 1. The van der Waals surface area contributed by atoms with Crippen molar-refractivity contribution in [3.8, 4) is 0 Å². The average Bonchev–Trinajstić information content (AvgIpc) is 2.66. The second-order valence-corrected chi connectivity index (χ2v) is 7.74. The second-order valence-electron chi connectivity index (χ2n) is 7.74. The van der Waals surface area contributed by atoms with Crippen molar-refractivity contribution in [2.75, 3.05) is 38.1 Å². The minimum Gasteiger partial charge on any atom is -0.369 e. The van der Waals surface area contributed by atoms with Gasteiger partial charge in [0.1, 0.15) is 0 Å². The number of likely N-dealkylation sites (N-methyl/N-ethyl adjacent to an activating group) is 1. The first kappa shape index (κ1) is 18.2. The van der Waals surface area contributed by atoms with Crippen LogP contribution >= 0.6 is 0 Å². The molecular formula is C21H33N3O. The number of hydrogen-bond donors (Lipinski definition) is 1. The minimum atomic E-state index is 0.207. The maximum atomic E-state index is 12.3. The molecule has 0 radical (unpaired) electrons. The van der Waals surface area contributed by atoms with E-state index in [0.717, 1.165) is 38.5 Å². The topological polar surface area (TPSA) is 35.6 Å². The van der Waals surface area contributed by atoms with Crippen molar-refractivity contribution < 1.29 is 4.79 Å². The van der Waals surface area contributed by atoms with E-state index in [1.54, 1.807) is 0 Å². The molecular weight excluding hydrogens is 310 g/mol. The fourth-order valence-electron chi connectivity index (χ4n) is 4.11. The van der Waals surface area contributed by atoms with Crippen LogP contribution in [0.5, 0.6) is 0 Å². The van der Waals surface area contributed by atoms with Crippen LogP contribution in [0, 0.1) is 5.92 Å². The molecule has 3 rings (SSSR count). The molecule has 1 saturated heterocycles. The number of anilines is 1. The zero-order valence-corrected chi connectivity index (χ0v) is 15.7. The van der Waals surface area contributed by atoms with E-state index in [1.807, 2.05) is 0 Å². The summed E-state index contributed by atoms with van der Waals surface area (Å²) in [7, 11) is 2.18. The lowest BCUT2D eigenvalue weighted by atomic mass is 9.86. The lowest BCUT2D eigenvalue weighted by molar-refractivity contribution is -0.121. The van der Waals surface area contributed by atoms with Crippen LogP contribution in [0.1, 0.15) is 50.5 Å². The maximum Gasteiger partial charge on any atom is 0.220 e. The van der Waals surface area contributed by atoms with Crippen molar-refractivity contribution in [3.05, 3.63) is 29.8 Å². The molecule has 2 aliphatic rings. The highest BCUT2D eigenvalue weighted by Crippen LogP contribution is 2.27. The van der Waals surface area contributed by atoms with Crippen LogP contribution in [0.3, 0.4) is 0 Å². The Hall–Kier alpha value is -1.55. The summed E-state index contributed by atoms with van der Waals surface area (Å²) in [6.07, 6.45) is 8.47. The Labute approximate surface area is 152 Å². The van der Waals surface area contributed by atoms with E-state index in [0.29, 0.717) is 13.0 Å². The molecule has 2 fully saturated rings. The molecule has 4 heteroatoms. The lowest BCUT2D eigenvalue weighted by Gasteiger charge is -2.35. The molecule has 1 amide bonds. The number of nitrogens with zero attached hydrogens (tertiary/aromatic N) is 2. The Morgan fingerprint density at radius 3 is 2.56 bits per heavy atom. The minimum absolute atomic E-state index is 0.207. The van der Waals surface area contributed by atoms with Gasteiger partial charge in [-0.2, -0.15) is 0 Å². The third-order valence-electron chi connectivity index (χ3n) is 5.82. The van der Waals surface area contributed by atoms with Crippen LogP contribution < -0.4 is 10.2 Å². The van der Waals surface area contributed by atoms with E-state index >= 15 is 0 Å². The highest BCUT2D eigenvalue weighted by atomic mass is 16.1. The van der Waals surface area contributed by atoms with Gasteiger partial charge < -0.3 is 15.1 Å². The summed E-state index contributed by atoms with van der Waals surface area (Å²) >= 11 is 0. The number of carbonyl (C=O) groups excluding carboxylic acids is 1. The Kier molecular flexibility index (Phi) is 6.74. The van der Waals surface area contributed by atoms with E-state index in [2.05, 4.69) is 46.4 Å². The van der Waals surface area contributed by atoms with Gasteiger partial charge in [-0.05, 0) is 31.0 Å². The molecule has 0 aromatic heterocycles. The summed E-state index contributed by atoms with van der Waals surface area (Å²) < 4.78 is 0. The second kappa shape index (κ2) is 9.23. The molecule has 1 N–H and O–H groups in total. The summed E-state index contributed by atoms with van der Waals surface area (Å²) in [5.74, 6) is 0.982. The Balaban J connectivity index is 1.48. The highest BCUT2D eigenvalue weighted by Gasteiger charge is 2.18. The average molecular weight is 344 g/mol. The molecule has 1 aliphatic carbocycles. The summed E-state index contributed by atoms with van der Waals surface area (Å²) in [5, 5.41) is 3.15. The van der Waals surface area contributed by atoms with Gasteiger partial charge in [0.25, 0.3) is 0 Å². The SMILES string of the molecule is CN1CCN(c2ccccc2CNC(=O)CCC2CCCCC2)CC1.